The lowest BCUT2D eigenvalue weighted by Gasteiger charge is -2.10. The molecule has 1 aromatic carbocycles. The molecule has 0 amide bonds. The largest absolute Gasteiger partial charge is 0.541 e. The number of hydrogen-bond donors (Lipinski definition) is 0. The van der Waals surface area contributed by atoms with Crippen LogP contribution in [0.5, 0.6) is 5.75 Å². The molecule has 0 fully saturated rings. The minimum Gasteiger partial charge on any atom is -0.541 e. The lowest BCUT2D eigenvalue weighted by molar-refractivity contribution is 0.582. The molecule has 0 atom stereocenters. The molecule has 0 saturated carbocycles. The molecule has 0 saturated heterocycles. The van der Waals surface area contributed by atoms with Crippen molar-refractivity contribution in [2.24, 2.45) is 12.0 Å². The number of rotatable bonds is 5. The molecule has 1 aromatic heterocycles. The summed E-state index contributed by atoms with van der Waals surface area (Å²) in [5.41, 5.74) is 3.12. The molecule has 1 radical (unpaired) electrons. The Morgan fingerprint density at radius 2 is 2.10 bits per heavy atom. The summed E-state index contributed by atoms with van der Waals surface area (Å²) in [5, 5.41) is 0. The molecule has 2 rings (SSSR count). The molecule has 0 aliphatic carbocycles. The van der Waals surface area contributed by atoms with E-state index in [9.17, 15) is 0 Å². The first-order valence-corrected chi connectivity index (χ1v) is 9.05. The number of benzene rings is 1. The first-order valence-electron chi connectivity index (χ1n) is 6.64. The van der Waals surface area contributed by atoms with E-state index in [1.165, 1.54) is 5.69 Å². The van der Waals surface area contributed by atoms with Gasteiger partial charge in [-0.1, -0.05) is 12.1 Å². The number of para-hydroxylation sites is 2. The van der Waals surface area contributed by atoms with Crippen LogP contribution in [0, 0.1) is 6.92 Å². The molecule has 0 unspecified atom stereocenters. The Kier molecular flexibility index (Phi) is 4.73. The maximum absolute atomic E-state index is 5.85. The van der Waals surface area contributed by atoms with Crippen LogP contribution in [-0.2, 0) is 13.5 Å². The van der Waals surface area contributed by atoms with Crippen LogP contribution >= 0.6 is 0 Å². The monoisotopic (exact) mass is 286 g/mol. The van der Waals surface area contributed by atoms with Crippen LogP contribution in [0.15, 0.2) is 35.6 Å². The minimum atomic E-state index is -0.778. The average molecular weight is 286 g/mol. The summed E-state index contributed by atoms with van der Waals surface area (Å²) in [5.74, 6) is 0.865. The van der Waals surface area contributed by atoms with Gasteiger partial charge >= 0.3 is 0 Å². The fourth-order valence-corrected chi connectivity index (χ4v) is 2.58. The van der Waals surface area contributed by atoms with E-state index in [1.807, 2.05) is 55.3 Å². The number of aromatic nitrogens is 2. The van der Waals surface area contributed by atoms with Crippen molar-refractivity contribution < 1.29 is 4.43 Å². The van der Waals surface area contributed by atoms with Crippen molar-refractivity contribution in [3.63, 3.8) is 0 Å². The van der Waals surface area contributed by atoms with E-state index in [2.05, 4.69) is 23.1 Å². The van der Waals surface area contributed by atoms with E-state index in [4.69, 9.17) is 4.43 Å². The van der Waals surface area contributed by atoms with Gasteiger partial charge < -0.3 is 8.99 Å². The second-order valence-electron chi connectivity index (χ2n) is 4.88. The highest BCUT2D eigenvalue weighted by Gasteiger charge is 2.05. The standard InChI is InChI=1S/C15H20N3OSi/c1-12-14(18(2)11-17-12)9-10-16-13-7-5-6-8-15(13)19-20(3)4/h5-8,10-11H,9H2,1-4H3. The van der Waals surface area contributed by atoms with Crippen LogP contribution in [-0.4, -0.2) is 24.8 Å². The fraction of sp³-hybridized carbons (Fsp3) is 0.333. The molecule has 2 aromatic rings. The predicted molar refractivity (Wildman–Crippen MR) is 84.4 cm³/mol. The van der Waals surface area contributed by atoms with Crippen LogP contribution in [0.3, 0.4) is 0 Å². The summed E-state index contributed by atoms with van der Waals surface area (Å²) >= 11 is 0. The van der Waals surface area contributed by atoms with Gasteiger partial charge in [0.2, 0.25) is 0 Å². The Morgan fingerprint density at radius 1 is 1.35 bits per heavy atom. The van der Waals surface area contributed by atoms with Gasteiger partial charge in [0.25, 0.3) is 9.04 Å². The molecule has 20 heavy (non-hydrogen) atoms. The third-order valence-electron chi connectivity index (χ3n) is 2.96. The summed E-state index contributed by atoms with van der Waals surface area (Å²) in [4.78, 5) is 8.82. The second-order valence-corrected chi connectivity index (χ2v) is 6.90. The van der Waals surface area contributed by atoms with Gasteiger partial charge in [0.15, 0.2) is 0 Å². The van der Waals surface area contributed by atoms with Crippen LogP contribution in [0.2, 0.25) is 13.1 Å². The molecule has 105 valence electrons. The fourth-order valence-electron chi connectivity index (χ4n) is 1.96. The Balaban J connectivity index is 2.12. The van der Waals surface area contributed by atoms with Gasteiger partial charge in [-0.05, 0) is 32.2 Å². The molecule has 0 bridgehead atoms. The highest BCUT2D eigenvalue weighted by molar-refractivity contribution is 6.49. The van der Waals surface area contributed by atoms with Gasteiger partial charge in [0.05, 0.1) is 12.0 Å². The molecule has 1 heterocycles. The van der Waals surface area contributed by atoms with Crippen molar-refractivity contribution in [1.82, 2.24) is 9.55 Å². The quantitative estimate of drug-likeness (QED) is 0.625. The second kappa shape index (κ2) is 6.52. The highest BCUT2D eigenvalue weighted by atomic mass is 28.3. The third kappa shape index (κ3) is 3.57. The third-order valence-corrected chi connectivity index (χ3v) is 3.59. The van der Waals surface area contributed by atoms with E-state index in [0.717, 1.165) is 23.6 Å². The smallest absolute Gasteiger partial charge is 0.274 e. The Hall–Kier alpha value is -1.88. The summed E-state index contributed by atoms with van der Waals surface area (Å²) < 4.78 is 7.88. The van der Waals surface area contributed by atoms with E-state index in [0.29, 0.717) is 0 Å². The first-order chi connectivity index (χ1) is 9.58. The number of aryl methyl sites for hydroxylation is 2. The highest BCUT2D eigenvalue weighted by Crippen LogP contribution is 2.27. The van der Waals surface area contributed by atoms with Gasteiger partial charge in [-0.25, -0.2) is 4.98 Å². The van der Waals surface area contributed by atoms with Gasteiger partial charge in [0, 0.05) is 25.4 Å². The van der Waals surface area contributed by atoms with Crippen molar-refractivity contribution in [2.45, 2.75) is 26.4 Å². The van der Waals surface area contributed by atoms with Crippen LogP contribution in [0.4, 0.5) is 5.69 Å². The molecule has 0 aliphatic rings. The van der Waals surface area contributed by atoms with E-state index in [-0.39, 0.29) is 0 Å². The van der Waals surface area contributed by atoms with E-state index < -0.39 is 9.04 Å². The van der Waals surface area contributed by atoms with Gasteiger partial charge in [-0.15, -0.1) is 0 Å². The summed E-state index contributed by atoms with van der Waals surface area (Å²) in [7, 11) is 1.23. The van der Waals surface area contributed by atoms with Gasteiger partial charge in [-0.3, -0.25) is 4.99 Å². The summed E-state index contributed by atoms with van der Waals surface area (Å²) in [6.07, 6.45) is 4.52. The zero-order valence-electron chi connectivity index (χ0n) is 12.4. The molecule has 0 aliphatic heterocycles. The van der Waals surface area contributed by atoms with E-state index >= 15 is 0 Å². The maximum Gasteiger partial charge on any atom is 0.274 e. The molecule has 5 heteroatoms. The van der Waals surface area contributed by atoms with Crippen molar-refractivity contribution in [3.8, 4) is 5.75 Å². The topological polar surface area (TPSA) is 39.4 Å². The number of aliphatic imine (C=N–C) groups is 1. The molecular formula is C15H20N3OSi. The average Bonchev–Trinajstić information content (AvgIpc) is 2.71. The lowest BCUT2D eigenvalue weighted by atomic mass is 10.2. The lowest BCUT2D eigenvalue weighted by Crippen LogP contribution is -2.11. The summed E-state index contributed by atoms with van der Waals surface area (Å²) in [6, 6.07) is 7.91. The number of nitrogens with zero attached hydrogens (tertiary/aromatic N) is 3. The molecule has 4 nitrogen and oxygen atoms in total. The van der Waals surface area contributed by atoms with E-state index in [1.54, 1.807) is 0 Å². The first kappa shape index (κ1) is 14.5. The zero-order valence-corrected chi connectivity index (χ0v) is 13.4. The predicted octanol–water partition coefficient (Wildman–Crippen LogP) is 3.30. The Labute approximate surface area is 121 Å². The SMILES string of the molecule is Cc1ncn(C)c1CC=Nc1ccccc1O[Si](C)C. The number of hydrogen-bond acceptors (Lipinski definition) is 3. The van der Waals surface area contributed by atoms with Crippen molar-refractivity contribution in [3.05, 3.63) is 42.0 Å². The van der Waals surface area contributed by atoms with Crippen molar-refractivity contribution in [2.75, 3.05) is 0 Å². The maximum atomic E-state index is 5.85. The summed E-state index contributed by atoms with van der Waals surface area (Å²) in [6.45, 7) is 6.25. The van der Waals surface area contributed by atoms with Crippen LogP contribution in [0.1, 0.15) is 11.4 Å². The normalized spacial score (nSPS) is 11.4. The Bertz CT molecular complexity index is 585. The molecule has 0 N–H and O–H groups in total. The van der Waals surface area contributed by atoms with Crippen LogP contribution in [0.25, 0.3) is 0 Å². The van der Waals surface area contributed by atoms with Crippen molar-refractivity contribution >= 4 is 20.9 Å². The number of imidazole rings is 1. The zero-order chi connectivity index (χ0) is 14.5. The Morgan fingerprint density at radius 3 is 2.75 bits per heavy atom. The van der Waals surface area contributed by atoms with Gasteiger partial charge in [-0.2, -0.15) is 0 Å². The van der Waals surface area contributed by atoms with Crippen molar-refractivity contribution in [1.29, 1.82) is 0 Å². The van der Waals surface area contributed by atoms with Gasteiger partial charge in [0.1, 0.15) is 11.4 Å². The van der Waals surface area contributed by atoms with Crippen LogP contribution < -0.4 is 4.43 Å². The molecular weight excluding hydrogens is 266 g/mol. The minimum absolute atomic E-state index is 0.771. The molecule has 0 spiro atoms.